The van der Waals surface area contributed by atoms with Crippen LogP contribution in [0, 0.1) is 16.6 Å². The van der Waals surface area contributed by atoms with E-state index in [0.717, 1.165) is 22.3 Å². The fourth-order valence-corrected chi connectivity index (χ4v) is 4.25. The van der Waals surface area contributed by atoms with E-state index in [2.05, 4.69) is 20.6 Å². The fourth-order valence-electron chi connectivity index (χ4n) is 3.74. The molecule has 1 saturated heterocycles. The van der Waals surface area contributed by atoms with E-state index in [0.29, 0.717) is 13.1 Å². The highest BCUT2D eigenvalue weighted by Crippen LogP contribution is 2.33. The highest BCUT2D eigenvalue weighted by atomic mass is 32.2. The predicted molar refractivity (Wildman–Crippen MR) is 114 cm³/mol. The van der Waals surface area contributed by atoms with Crippen molar-refractivity contribution < 1.29 is 19.1 Å². The van der Waals surface area contributed by atoms with Crippen LogP contribution in [0.1, 0.15) is 27.7 Å². The van der Waals surface area contributed by atoms with E-state index in [1.165, 1.54) is 12.0 Å². The molecule has 0 aromatic carbocycles. The van der Waals surface area contributed by atoms with Crippen molar-refractivity contribution in [3.63, 3.8) is 0 Å². The van der Waals surface area contributed by atoms with Gasteiger partial charge in [-0.2, -0.15) is 5.26 Å². The SMILES string of the molecule is COC(=O)N(C)C1C(C)CN(c2ccncc2SC#N)CC1NC(=O)OC(C)(C)C. The summed E-state index contributed by atoms with van der Waals surface area (Å²) in [6, 6.07) is 1.14. The van der Waals surface area contributed by atoms with Gasteiger partial charge in [-0.25, -0.2) is 9.59 Å². The number of alkyl carbamates (subject to hydrolysis) is 1. The molecular weight excluding hydrogens is 406 g/mol. The smallest absolute Gasteiger partial charge is 0.409 e. The molecule has 1 aromatic heterocycles. The Kier molecular flexibility index (Phi) is 7.78. The molecule has 1 aliphatic heterocycles. The Labute approximate surface area is 181 Å². The van der Waals surface area contributed by atoms with Crippen LogP contribution in [0.5, 0.6) is 0 Å². The van der Waals surface area contributed by atoms with E-state index in [-0.39, 0.29) is 12.0 Å². The fraction of sp³-hybridized carbons (Fsp3) is 0.600. The van der Waals surface area contributed by atoms with Crippen LogP contribution in [0.4, 0.5) is 15.3 Å². The van der Waals surface area contributed by atoms with Gasteiger partial charge in [-0.05, 0) is 44.5 Å². The van der Waals surface area contributed by atoms with Crippen molar-refractivity contribution in [3.05, 3.63) is 18.5 Å². The molecule has 9 nitrogen and oxygen atoms in total. The molecule has 164 valence electrons. The number of ether oxygens (including phenoxy) is 2. The van der Waals surface area contributed by atoms with E-state index in [1.54, 1.807) is 40.2 Å². The average Bonchev–Trinajstić information content (AvgIpc) is 2.65. The van der Waals surface area contributed by atoms with Gasteiger partial charge in [-0.15, -0.1) is 0 Å². The van der Waals surface area contributed by atoms with E-state index in [1.807, 2.05) is 13.0 Å². The number of methoxy groups -OCH3 is 1. The van der Waals surface area contributed by atoms with Crippen molar-refractivity contribution in [2.45, 2.75) is 50.3 Å². The summed E-state index contributed by atoms with van der Waals surface area (Å²) in [5.41, 5.74) is 0.216. The number of amides is 2. The highest BCUT2D eigenvalue weighted by Gasteiger charge is 2.41. The standard InChI is InChI=1S/C20H29N5O4S/c1-13-10-25(15-7-8-22-9-16(15)30-12-21)11-14(17(13)24(5)19(27)28-6)23-18(26)29-20(2,3)4/h7-9,13-14,17H,10-11H2,1-6H3,(H,23,26). The molecule has 1 aliphatic rings. The molecule has 2 amide bonds. The number of hydrogen-bond acceptors (Lipinski definition) is 8. The van der Waals surface area contributed by atoms with Gasteiger partial charge in [0.15, 0.2) is 0 Å². The minimum absolute atomic E-state index is 0.00381. The maximum atomic E-state index is 12.5. The maximum Gasteiger partial charge on any atom is 0.409 e. The monoisotopic (exact) mass is 435 g/mol. The van der Waals surface area contributed by atoms with Crippen LogP contribution >= 0.6 is 11.8 Å². The number of hydrogen-bond donors (Lipinski definition) is 1. The summed E-state index contributed by atoms with van der Waals surface area (Å²) in [4.78, 5) is 33.2. The quantitative estimate of drug-likeness (QED) is 0.568. The summed E-state index contributed by atoms with van der Waals surface area (Å²) in [5, 5.41) is 14.1. The maximum absolute atomic E-state index is 12.5. The van der Waals surface area contributed by atoms with Gasteiger partial charge < -0.3 is 24.6 Å². The zero-order chi connectivity index (χ0) is 22.5. The summed E-state index contributed by atoms with van der Waals surface area (Å²) in [5.74, 6) is -0.00381. The molecular formula is C20H29N5O4S. The summed E-state index contributed by atoms with van der Waals surface area (Å²) < 4.78 is 10.3. The predicted octanol–water partition coefficient (Wildman–Crippen LogP) is 3.07. The number of rotatable bonds is 4. The summed E-state index contributed by atoms with van der Waals surface area (Å²) in [6.45, 7) is 8.45. The van der Waals surface area contributed by atoms with Crippen LogP contribution in [0.2, 0.25) is 0 Å². The Morgan fingerprint density at radius 3 is 2.70 bits per heavy atom. The van der Waals surface area contributed by atoms with Crippen LogP contribution in [-0.4, -0.2) is 67.0 Å². The van der Waals surface area contributed by atoms with Crippen LogP contribution in [-0.2, 0) is 9.47 Å². The van der Waals surface area contributed by atoms with Crippen LogP contribution in [0.25, 0.3) is 0 Å². The van der Waals surface area contributed by atoms with Crippen molar-refractivity contribution >= 4 is 29.6 Å². The van der Waals surface area contributed by atoms with Gasteiger partial charge in [0, 0.05) is 32.5 Å². The van der Waals surface area contributed by atoms with Gasteiger partial charge in [-0.1, -0.05) is 6.92 Å². The Morgan fingerprint density at radius 1 is 1.40 bits per heavy atom. The number of pyridine rings is 1. The lowest BCUT2D eigenvalue weighted by Crippen LogP contribution is -2.64. The lowest BCUT2D eigenvalue weighted by atomic mass is 9.88. The summed E-state index contributed by atoms with van der Waals surface area (Å²) in [6.07, 6.45) is 2.30. The van der Waals surface area contributed by atoms with Crippen molar-refractivity contribution in [2.75, 3.05) is 32.1 Å². The van der Waals surface area contributed by atoms with Crippen LogP contribution in [0.3, 0.4) is 0 Å². The summed E-state index contributed by atoms with van der Waals surface area (Å²) >= 11 is 1.04. The molecule has 2 rings (SSSR count). The van der Waals surface area contributed by atoms with Crippen molar-refractivity contribution in [2.24, 2.45) is 5.92 Å². The van der Waals surface area contributed by atoms with Gasteiger partial charge in [0.2, 0.25) is 0 Å². The first-order valence-electron chi connectivity index (χ1n) is 9.62. The van der Waals surface area contributed by atoms with Crippen molar-refractivity contribution in [1.82, 2.24) is 15.2 Å². The number of nitriles is 1. The van der Waals surface area contributed by atoms with Gasteiger partial charge in [0.25, 0.3) is 0 Å². The number of aromatic nitrogens is 1. The zero-order valence-electron chi connectivity index (χ0n) is 18.2. The lowest BCUT2D eigenvalue weighted by molar-refractivity contribution is 0.0412. The lowest BCUT2D eigenvalue weighted by Gasteiger charge is -2.47. The molecule has 0 bridgehead atoms. The molecule has 10 heteroatoms. The summed E-state index contributed by atoms with van der Waals surface area (Å²) in [7, 11) is 2.99. The van der Waals surface area contributed by atoms with Crippen molar-refractivity contribution in [3.8, 4) is 5.40 Å². The second kappa shape index (κ2) is 9.89. The number of nitrogens with one attached hydrogen (secondary N) is 1. The Hall–Kier alpha value is -2.67. The van der Waals surface area contributed by atoms with E-state index in [9.17, 15) is 9.59 Å². The first kappa shape index (κ1) is 23.6. The van der Waals surface area contributed by atoms with Gasteiger partial charge >= 0.3 is 12.2 Å². The third-order valence-electron chi connectivity index (χ3n) is 4.79. The Bertz CT molecular complexity index is 807. The minimum atomic E-state index is -0.643. The molecule has 3 atom stereocenters. The number of carbonyl (C=O) groups excluding carboxylic acids is 2. The number of likely N-dealkylation sites (N-methyl/N-ethyl adjacent to an activating group) is 1. The second-order valence-corrected chi connectivity index (χ2v) is 9.07. The molecule has 3 unspecified atom stereocenters. The third-order valence-corrected chi connectivity index (χ3v) is 5.42. The first-order valence-corrected chi connectivity index (χ1v) is 10.4. The molecule has 0 radical (unpaired) electrons. The van der Waals surface area contributed by atoms with E-state index < -0.39 is 23.8 Å². The molecule has 1 N–H and O–H groups in total. The van der Waals surface area contributed by atoms with Crippen LogP contribution in [0.15, 0.2) is 23.4 Å². The minimum Gasteiger partial charge on any atom is -0.453 e. The number of piperidine rings is 1. The van der Waals surface area contributed by atoms with Gasteiger partial charge in [-0.3, -0.25) is 4.98 Å². The molecule has 1 fully saturated rings. The van der Waals surface area contributed by atoms with Gasteiger partial charge in [0.1, 0.15) is 11.0 Å². The van der Waals surface area contributed by atoms with E-state index >= 15 is 0 Å². The van der Waals surface area contributed by atoms with Gasteiger partial charge in [0.05, 0.1) is 29.8 Å². The molecule has 1 aromatic rings. The second-order valence-electron chi connectivity index (χ2n) is 8.24. The number of anilines is 1. The number of nitrogens with zero attached hydrogens (tertiary/aromatic N) is 4. The largest absolute Gasteiger partial charge is 0.453 e. The van der Waals surface area contributed by atoms with E-state index in [4.69, 9.17) is 14.7 Å². The third kappa shape index (κ3) is 5.92. The number of thiocyanates is 1. The molecule has 0 spiro atoms. The Balaban J connectivity index is 2.33. The normalized spacial score (nSPS) is 21.4. The van der Waals surface area contributed by atoms with Crippen molar-refractivity contribution in [1.29, 1.82) is 5.26 Å². The molecule has 30 heavy (non-hydrogen) atoms. The molecule has 2 heterocycles. The topological polar surface area (TPSA) is 108 Å². The highest BCUT2D eigenvalue weighted by molar-refractivity contribution is 8.03. The Morgan fingerprint density at radius 2 is 2.10 bits per heavy atom. The molecule has 0 saturated carbocycles. The zero-order valence-corrected chi connectivity index (χ0v) is 19.0. The van der Waals surface area contributed by atoms with Crippen LogP contribution < -0.4 is 10.2 Å². The average molecular weight is 436 g/mol. The first-order chi connectivity index (χ1) is 14.1. The number of carbonyl (C=O) groups is 2. The molecule has 0 aliphatic carbocycles. The number of thioether (sulfide) groups is 1.